The lowest BCUT2D eigenvalue weighted by Gasteiger charge is -2.06. The lowest BCUT2D eigenvalue weighted by atomic mass is 10.1. The van der Waals surface area contributed by atoms with Gasteiger partial charge in [-0.25, -0.2) is 4.79 Å². The average Bonchev–Trinajstić information content (AvgIpc) is 2.27. The Kier molecular flexibility index (Phi) is 3.39. The van der Waals surface area contributed by atoms with E-state index in [1.54, 1.807) is 0 Å². The lowest BCUT2D eigenvalue weighted by Crippen LogP contribution is -2.06. The summed E-state index contributed by atoms with van der Waals surface area (Å²) < 4.78 is 22.3. The van der Waals surface area contributed by atoms with E-state index >= 15 is 0 Å². The van der Waals surface area contributed by atoms with Crippen molar-refractivity contribution in [1.82, 2.24) is 0 Å². The molecule has 0 aromatic heterocycles. The smallest absolute Gasteiger partial charge is 0.341 e. The van der Waals surface area contributed by atoms with Crippen molar-refractivity contribution in [3.8, 4) is 5.75 Å². The van der Waals surface area contributed by atoms with Crippen LogP contribution in [-0.2, 0) is 4.74 Å². The number of nitro groups is 1. The van der Waals surface area contributed by atoms with Crippen molar-refractivity contribution >= 4 is 11.7 Å². The number of ether oxygens (including phenoxy) is 2. The minimum Gasteiger partial charge on any atom is -0.496 e. The molecule has 0 saturated heterocycles. The SMILES string of the molecule is COC(=O)c1cc([N+](=O)[O-])c(F)cc1OC. The van der Waals surface area contributed by atoms with Crippen LogP contribution in [0.4, 0.5) is 10.1 Å². The molecule has 1 rings (SSSR count). The van der Waals surface area contributed by atoms with Gasteiger partial charge in [0, 0.05) is 12.1 Å². The normalized spacial score (nSPS) is 9.69. The van der Waals surface area contributed by atoms with E-state index in [9.17, 15) is 19.3 Å². The second-order valence-electron chi connectivity index (χ2n) is 2.75. The van der Waals surface area contributed by atoms with E-state index in [-0.39, 0.29) is 11.3 Å². The highest BCUT2D eigenvalue weighted by atomic mass is 19.1. The first kappa shape index (κ1) is 11.9. The number of methoxy groups -OCH3 is 2. The first-order valence-electron chi connectivity index (χ1n) is 4.11. The van der Waals surface area contributed by atoms with Crippen molar-refractivity contribution in [2.75, 3.05) is 14.2 Å². The number of halogens is 1. The molecule has 0 bridgehead atoms. The molecular weight excluding hydrogens is 221 g/mol. The maximum atomic E-state index is 13.2. The molecule has 0 saturated carbocycles. The molecule has 6 nitrogen and oxygen atoms in total. The fraction of sp³-hybridized carbons (Fsp3) is 0.222. The van der Waals surface area contributed by atoms with Crippen molar-refractivity contribution in [2.45, 2.75) is 0 Å². The minimum atomic E-state index is -1.07. The van der Waals surface area contributed by atoms with E-state index in [1.807, 2.05) is 0 Å². The van der Waals surface area contributed by atoms with E-state index in [0.29, 0.717) is 0 Å². The molecular formula is C9H8FNO5. The Balaban J connectivity index is 3.40. The standard InChI is InChI=1S/C9H8FNO5/c1-15-8-4-6(10)7(11(13)14)3-5(8)9(12)16-2/h3-4H,1-2H3. The third-order valence-electron chi connectivity index (χ3n) is 1.87. The predicted molar refractivity (Wildman–Crippen MR) is 50.9 cm³/mol. The second-order valence-corrected chi connectivity index (χ2v) is 2.75. The molecule has 0 fully saturated rings. The summed E-state index contributed by atoms with van der Waals surface area (Å²) in [5.41, 5.74) is -1.00. The van der Waals surface area contributed by atoms with Crippen LogP contribution in [0.1, 0.15) is 10.4 Å². The van der Waals surface area contributed by atoms with Gasteiger partial charge in [-0.2, -0.15) is 4.39 Å². The van der Waals surface area contributed by atoms with Gasteiger partial charge in [-0.1, -0.05) is 0 Å². The van der Waals surface area contributed by atoms with Crippen LogP contribution in [0.2, 0.25) is 0 Å². The van der Waals surface area contributed by atoms with Crippen LogP contribution in [0.15, 0.2) is 12.1 Å². The Morgan fingerprint density at radius 3 is 2.50 bits per heavy atom. The zero-order valence-corrected chi connectivity index (χ0v) is 8.52. The number of hydrogen-bond acceptors (Lipinski definition) is 5. The van der Waals surface area contributed by atoms with Gasteiger partial charge in [0.15, 0.2) is 0 Å². The Labute approximate surface area is 89.7 Å². The molecule has 0 N–H and O–H groups in total. The van der Waals surface area contributed by atoms with E-state index in [2.05, 4.69) is 4.74 Å². The van der Waals surface area contributed by atoms with Crippen LogP contribution in [0.3, 0.4) is 0 Å². The van der Waals surface area contributed by atoms with Crippen LogP contribution in [0, 0.1) is 15.9 Å². The first-order chi connectivity index (χ1) is 7.51. The van der Waals surface area contributed by atoms with Gasteiger partial charge in [-0.3, -0.25) is 10.1 Å². The van der Waals surface area contributed by atoms with Crippen LogP contribution in [-0.4, -0.2) is 25.1 Å². The van der Waals surface area contributed by atoms with Crippen LogP contribution in [0.25, 0.3) is 0 Å². The molecule has 0 aliphatic carbocycles. The number of hydrogen-bond donors (Lipinski definition) is 0. The van der Waals surface area contributed by atoms with Gasteiger partial charge in [0.2, 0.25) is 5.82 Å². The minimum absolute atomic E-state index is 0.116. The van der Waals surface area contributed by atoms with Crippen LogP contribution >= 0.6 is 0 Å². The molecule has 0 amide bonds. The van der Waals surface area contributed by atoms with Gasteiger partial charge in [-0.15, -0.1) is 0 Å². The van der Waals surface area contributed by atoms with Crippen molar-refractivity contribution < 1.29 is 23.6 Å². The summed E-state index contributed by atoms with van der Waals surface area (Å²) in [6.45, 7) is 0. The van der Waals surface area contributed by atoms with E-state index in [1.165, 1.54) is 7.11 Å². The summed E-state index contributed by atoms with van der Waals surface area (Å²) in [6, 6.07) is 1.55. The molecule has 86 valence electrons. The Morgan fingerprint density at radius 1 is 1.44 bits per heavy atom. The van der Waals surface area contributed by atoms with Gasteiger partial charge < -0.3 is 9.47 Å². The number of carbonyl (C=O) groups is 1. The second kappa shape index (κ2) is 4.56. The molecule has 1 aromatic carbocycles. The molecule has 0 aliphatic heterocycles. The molecule has 0 radical (unpaired) electrons. The fourth-order valence-corrected chi connectivity index (χ4v) is 1.12. The predicted octanol–water partition coefficient (Wildman–Crippen LogP) is 1.53. The van der Waals surface area contributed by atoms with E-state index in [0.717, 1.165) is 19.2 Å². The highest BCUT2D eigenvalue weighted by molar-refractivity contribution is 5.93. The zero-order chi connectivity index (χ0) is 12.3. The summed E-state index contributed by atoms with van der Waals surface area (Å²) in [5, 5.41) is 10.5. The number of carbonyl (C=O) groups excluding carboxylic acids is 1. The number of esters is 1. The van der Waals surface area contributed by atoms with Gasteiger partial charge in [0.05, 0.1) is 19.1 Å². The lowest BCUT2D eigenvalue weighted by molar-refractivity contribution is -0.387. The van der Waals surface area contributed by atoms with Crippen molar-refractivity contribution in [3.05, 3.63) is 33.6 Å². The maximum absolute atomic E-state index is 13.2. The Hall–Kier alpha value is -2.18. The van der Waals surface area contributed by atoms with Crippen LogP contribution < -0.4 is 4.74 Å². The number of rotatable bonds is 3. The summed E-state index contributed by atoms with van der Waals surface area (Å²) in [5.74, 6) is -2.02. The van der Waals surface area contributed by atoms with Gasteiger partial charge >= 0.3 is 11.7 Å². The molecule has 7 heteroatoms. The summed E-state index contributed by atoms with van der Waals surface area (Å²) in [4.78, 5) is 20.8. The summed E-state index contributed by atoms with van der Waals surface area (Å²) in [6.07, 6.45) is 0. The topological polar surface area (TPSA) is 78.7 Å². The molecule has 0 aliphatic rings. The van der Waals surface area contributed by atoms with Crippen molar-refractivity contribution in [2.24, 2.45) is 0 Å². The number of nitrogens with zero attached hydrogens (tertiary/aromatic N) is 1. The summed E-state index contributed by atoms with van der Waals surface area (Å²) >= 11 is 0. The monoisotopic (exact) mass is 229 g/mol. The average molecular weight is 229 g/mol. The first-order valence-corrected chi connectivity index (χ1v) is 4.11. The van der Waals surface area contributed by atoms with E-state index in [4.69, 9.17) is 4.74 Å². The van der Waals surface area contributed by atoms with Gasteiger partial charge in [-0.05, 0) is 0 Å². The van der Waals surface area contributed by atoms with Gasteiger partial charge in [0.25, 0.3) is 0 Å². The Bertz CT molecular complexity index is 446. The molecule has 0 unspecified atom stereocenters. The number of nitro benzene ring substituents is 1. The quantitative estimate of drug-likeness (QED) is 0.446. The maximum Gasteiger partial charge on any atom is 0.341 e. The fourth-order valence-electron chi connectivity index (χ4n) is 1.12. The molecule has 16 heavy (non-hydrogen) atoms. The highest BCUT2D eigenvalue weighted by Crippen LogP contribution is 2.27. The molecule has 0 spiro atoms. The van der Waals surface area contributed by atoms with E-state index < -0.39 is 22.4 Å². The largest absolute Gasteiger partial charge is 0.496 e. The number of benzene rings is 1. The Morgan fingerprint density at radius 2 is 2.06 bits per heavy atom. The third-order valence-corrected chi connectivity index (χ3v) is 1.87. The van der Waals surface area contributed by atoms with Crippen LogP contribution in [0.5, 0.6) is 5.75 Å². The summed E-state index contributed by atoms with van der Waals surface area (Å²) in [7, 11) is 2.32. The molecule has 1 aromatic rings. The molecule has 0 atom stereocenters. The third kappa shape index (κ3) is 2.08. The zero-order valence-electron chi connectivity index (χ0n) is 8.52. The van der Waals surface area contributed by atoms with Crippen molar-refractivity contribution in [1.29, 1.82) is 0 Å². The van der Waals surface area contributed by atoms with Crippen molar-refractivity contribution in [3.63, 3.8) is 0 Å². The highest BCUT2D eigenvalue weighted by Gasteiger charge is 2.22. The molecule has 0 heterocycles. The van der Waals surface area contributed by atoms with Gasteiger partial charge in [0.1, 0.15) is 11.3 Å².